The van der Waals surface area contributed by atoms with Crippen LogP contribution in [0.15, 0.2) is 45.5 Å². The van der Waals surface area contributed by atoms with E-state index in [2.05, 4.69) is 25.9 Å². The van der Waals surface area contributed by atoms with Crippen molar-refractivity contribution in [3.63, 3.8) is 0 Å². The van der Waals surface area contributed by atoms with Gasteiger partial charge in [0.2, 0.25) is 0 Å². The van der Waals surface area contributed by atoms with Gasteiger partial charge in [0.05, 0.1) is 6.61 Å². The van der Waals surface area contributed by atoms with E-state index in [9.17, 15) is 4.79 Å². The normalized spacial score (nSPS) is 11.4. The first kappa shape index (κ1) is 18.7. The minimum absolute atomic E-state index is 0.308. The molecule has 0 unspecified atom stereocenters. The lowest BCUT2D eigenvalue weighted by atomic mass is 10.1. The zero-order valence-corrected chi connectivity index (χ0v) is 16.3. The van der Waals surface area contributed by atoms with Crippen LogP contribution in [0.4, 0.5) is 0 Å². The molecule has 4 nitrogen and oxygen atoms in total. The van der Waals surface area contributed by atoms with Crippen molar-refractivity contribution in [2.24, 2.45) is 0 Å². The lowest BCUT2D eigenvalue weighted by Gasteiger charge is -2.08. The molecule has 0 saturated heterocycles. The molecule has 0 saturated carbocycles. The van der Waals surface area contributed by atoms with Crippen molar-refractivity contribution < 1.29 is 9.53 Å². The number of benzene rings is 1. The van der Waals surface area contributed by atoms with Gasteiger partial charge in [-0.2, -0.15) is 0 Å². The van der Waals surface area contributed by atoms with Crippen LogP contribution >= 0.6 is 27.7 Å². The molecule has 6 heteroatoms. The molecule has 24 heavy (non-hydrogen) atoms. The third-order valence-corrected chi connectivity index (χ3v) is 4.49. The first-order valence-corrected chi connectivity index (χ1v) is 9.34. The fourth-order valence-electron chi connectivity index (χ4n) is 2.04. The fourth-order valence-corrected chi connectivity index (χ4v) is 3.21. The summed E-state index contributed by atoms with van der Waals surface area (Å²) in [6.45, 7) is 6.02. The molecule has 0 aliphatic heterocycles. The largest absolute Gasteiger partial charge is 0.463 e. The summed E-state index contributed by atoms with van der Waals surface area (Å²) in [5, 5.41) is 0.665. The van der Waals surface area contributed by atoms with Crippen LogP contribution in [0.3, 0.4) is 0 Å². The highest BCUT2D eigenvalue weighted by Gasteiger charge is 2.13. The zero-order valence-electron chi connectivity index (χ0n) is 13.9. The molecule has 0 radical (unpaired) electrons. The van der Waals surface area contributed by atoms with E-state index < -0.39 is 0 Å². The van der Waals surface area contributed by atoms with Crippen LogP contribution < -0.4 is 0 Å². The molecular weight excluding hydrogens is 388 g/mol. The van der Waals surface area contributed by atoms with E-state index in [1.807, 2.05) is 50.3 Å². The number of esters is 1. The summed E-state index contributed by atoms with van der Waals surface area (Å²) in [7, 11) is 0. The molecule has 126 valence electrons. The van der Waals surface area contributed by atoms with E-state index in [-0.39, 0.29) is 5.97 Å². The number of halogens is 1. The van der Waals surface area contributed by atoms with Crippen LogP contribution in [0.5, 0.6) is 0 Å². The van der Waals surface area contributed by atoms with Gasteiger partial charge in [-0.1, -0.05) is 39.8 Å². The molecule has 1 heterocycles. The summed E-state index contributed by atoms with van der Waals surface area (Å²) in [5.74, 6) is 0.148. The quantitative estimate of drug-likeness (QED) is 0.303. The number of hydrogen-bond donors (Lipinski definition) is 0. The first-order valence-electron chi connectivity index (χ1n) is 7.56. The Balaban J connectivity index is 2.19. The Morgan fingerprint density at radius 1 is 1.21 bits per heavy atom. The summed E-state index contributed by atoms with van der Waals surface area (Å²) >= 11 is 4.84. The van der Waals surface area contributed by atoms with E-state index >= 15 is 0 Å². The maximum absolute atomic E-state index is 12.2. The van der Waals surface area contributed by atoms with Crippen molar-refractivity contribution >= 4 is 39.7 Å². The average Bonchev–Trinajstić information content (AvgIpc) is 2.52. The molecule has 0 aliphatic carbocycles. The molecule has 0 amide bonds. The van der Waals surface area contributed by atoms with Crippen LogP contribution in [0.25, 0.3) is 6.08 Å². The van der Waals surface area contributed by atoms with Gasteiger partial charge < -0.3 is 4.74 Å². The maximum Gasteiger partial charge on any atom is 0.334 e. The first-order chi connectivity index (χ1) is 11.5. The lowest BCUT2D eigenvalue weighted by Crippen LogP contribution is -2.10. The van der Waals surface area contributed by atoms with Gasteiger partial charge in [-0.05, 0) is 50.6 Å². The summed E-state index contributed by atoms with van der Waals surface area (Å²) in [6.07, 6.45) is 1.85. The van der Waals surface area contributed by atoms with Gasteiger partial charge in [0.1, 0.15) is 0 Å². The van der Waals surface area contributed by atoms with Crippen molar-refractivity contribution in [3.8, 4) is 0 Å². The molecule has 2 aromatic rings. The topological polar surface area (TPSA) is 52.1 Å². The van der Waals surface area contributed by atoms with Gasteiger partial charge in [0, 0.05) is 27.2 Å². The van der Waals surface area contributed by atoms with E-state index in [1.54, 1.807) is 6.92 Å². The summed E-state index contributed by atoms with van der Waals surface area (Å²) in [5.41, 5.74) is 3.37. The average molecular weight is 407 g/mol. The minimum atomic E-state index is -0.308. The molecule has 0 N–H and O–H groups in total. The van der Waals surface area contributed by atoms with E-state index in [0.717, 1.165) is 21.4 Å². The van der Waals surface area contributed by atoms with Crippen molar-refractivity contribution in [2.75, 3.05) is 12.4 Å². The van der Waals surface area contributed by atoms with E-state index in [0.29, 0.717) is 23.1 Å². The number of rotatable bonds is 6. The monoisotopic (exact) mass is 406 g/mol. The second kappa shape index (κ2) is 8.99. The number of ether oxygens (including phenoxy) is 1. The van der Waals surface area contributed by atoms with Gasteiger partial charge in [-0.15, -0.1) is 0 Å². The van der Waals surface area contributed by atoms with Crippen molar-refractivity contribution in [1.29, 1.82) is 0 Å². The predicted octanol–water partition coefficient (Wildman–Crippen LogP) is 4.59. The van der Waals surface area contributed by atoms with Crippen LogP contribution in [-0.4, -0.2) is 28.3 Å². The predicted molar refractivity (Wildman–Crippen MR) is 101 cm³/mol. The second-order valence-corrected chi connectivity index (χ2v) is 7.02. The van der Waals surface area contributed by atoms with Gasteiger partial charge >= 0.3 is 5.97 Å². The van der Waals surface area contributed by atoms with Crippen LogP contribution in [0.2, 0.25) is 0 Å². The fraction of sp³-hybridized carbons (Fsp3) is 0.278. The number of carbonyl (C=O) groups is 1. The Hall–Kier alpha value is -1.66. The van der Waals surface area contributed by atoms with Gasteiger partial charge in [-0.3, -0.25) is 0 Å². The number of nitrogens with zero attached hydrogens (tertiary/aromatic N) is 2. The third-order valence-electron chi connectivity index (χ3n) is 3.07. The standard InChI is InChI=1S/C18H19BrN2O2S/c1-4-23-17(22)15(10-14-5-7-16(19)8-6-14)11-24-18-20-12(2)9-13(3)21-18/h5-10H,4,11H2,1-3H3/b15-10+. The molecule has 0 spiro atoms. The van der Waals surface area contributed by atoms with E-state index in [4.69, 9.17) is 4.74 Å². The van der Waals surface area contributed by atoms with Crippen LogP contribution in [0, 0.1) is 13.8 Å². The minimum Gasteiger partial charge on any atom is -0.463 e. The number of thioether (sulfide) groups is 1. The molecule has 0 aliphatic rings. The Morgan fingerprint density at radius 2 is 1.83 bits per heavy atom. The molecule has 1 aromatic heterocycles. The highest BCUT2D eigenvalue weighted by Crippen LogP contribution is 2.21. The third kappa shape index (κ3) is 5.76. The number of aromatic nitrogens is 2. The molecule has 1 aromatic carbocycles. The Morgan fingerprint density at radius 3 is 2.42 bits per heavy atom. The molecular formula is C18H19BrN2O2S. The van der Waals surface area contributed by atoms with Crippen LogP contribution in [-0.2, 0) is 9.53 Å². The molecule has 0 atom stereocenters. The highest BCUT2D eigenvalue weighted by molar-refractivity contribution is 9.10. The van der Waals surface area contributed by atoms with Gasteiger partial charge in [-0.25, -0.2) is 14.8 Å². The molecule has 0 bridgehead atoms. The number of aryl methyl sites for hydroxylation is 2. The van der Waals surface area contributed by atoms with Crippen LogP contribution in [0.1, 0.15) is 23.9 Å². The smallest absolute Gasteiger partial charge is 0.334 e. The lowest BCUT2D eigenvalue weighted by molar-refractivity contribution is -0.138. The molecule has 2 rings (SSSR count). The number of carbonyl (C=O) groups excluding carboxylic acids is 1. The van der Waals surface area contributed by atoms with Crippen molar-refractivity contribution in [2.45, 2.75) is 25.9 Å². The Labute approximate surface area is 154 Å². The van der Waals surface area contributed by atoms with Gasteiger partial charge in [0.25, 0.3) is 0 Å². The van der Waals surface area contributed by atoms with Gasteiger partial charge in [0.15, 0.2) is 5.16 Å². The second-order valence-electron chi connectivity index (χ2n) is 5.16. The van der Waals surface area contributed by atoms with Crippen molar-refractivity contribution in [3.05, 3.63) is 57.3 Å². The SMILES string of the molecule is CCOC(=O)/C(=C/c1ccc(Br)cc1)CSc1nc(C)cc(C)n1. The van der Waals surface area contributed by atoms with Crippen molar-refractivity contribution in [1.82, 2.24) is 9.97 Å². The summed E-state index contributed by atoms with van der Waals surface area (Å²) in [6, 6.07) is 9.69. The number of hydrogen-bond acceptors (Lipinski definition) is 5. The summed E-state index contributed by atoms with van der Waals surface area (Å²) in [4.78, 5) is 21.0. The molecule has 0 fully saturated rings. The Bertz CT molecular complexity index is 725. The van der Waals surface area contributed by atoms with E-state index in [1.165, 1.54) is 11.8 Å². The summed E-state index contributed by atoms with van der Waals surface area (Å²) < 4.78 is 6.16. The zero-order chi connectivity index (χ0) is 17.5. The highest BCUT2D eigenvalue weighted by atomic mass is 79.9. The maximum atomic E-state index is 12.2. The Kier molecular flexibility index (Phi) is 6.99.